The predicted octanol–water partition coefficient (Wildman–Crippen LogP) is 9.01. The number of carbonyl (C=O) groups is 2. The summed E-state index contributed by atoms with van der Waals surface area (Å²) >= 11 is 15.1. The van der Waals surface area contributed by atoms with Gasteiger partial charge in [0.15, 0.2) is 0 Å². The highest BCUT2D eigenvalue weighted by molar-refractivity contribution is 9.08. The molecule has 47 heavy (non-hydrogen) atoms. The first-order chi connectivity index (χ1) is 21.8. The number of nitrogens with one attached hydrogen (secondary N) is 1. The monoisotopic (exact) mass is 756 g/mol. The first kappa shape index (κ1) is 41.1. The van der Waals surface area contributed by atoms with Crippen LogP contribution in [0, 0.1) is 0 Å². The van der Waals surface area contributed by atoms with Crippen LogP contribution in [0.4, 0.5) is 9.59 Å². The van der Waals surface area contributed by atoms with Crippen molar-refractivity contribution in [3.63, 3.8) is 0 Å². The van der Waals surface area contributed by atoms with E-state index in [2.05, 4.69) is 53.0 Å². The lowest BCUT2D eigenvalue weighted by atomic mass is 10.1. The zero-order chi connectivity index (χ0) is 35.5. The van der Waals surface area contributed by atoms with Crippen molar-refractivity contribution in [1.82, 2.24) is 20.0 Å². The highest BCUT2D eigenvalue weighted by Gasteiger charge is 2.34. The van der Waals surface area contributed by atoms with Gasteiger partial charge in [-0.15, -0.1) is 0 Å². The van der Waals surface area contributed by atoms with E-state index in [0.717, 1.165) is 41.6 Å². The molecule has 0 aliphatic carbocycles. The van der Waals surface area contributed by atoms with Crippen LogP contribution < -0.4 is 5.32 Å². The zero-order valence-electron chi connectivity index (χ0n) is 29.8. The topological polar surface area (TPSA) is 74.4 Å². The quantitative estimate of drug-likeness (QED) is 0.315. The number of alkyl halides is 1. The number of halogens is 3. The van der Waals surface area contributed by atoms with Crippen LogP contribution in [0.25, 0.3) is 0 Å². The minimum Gasteiger partial charge on any atom is -0.444 e. The van der Waals surface area contributed by atoms with Crippen LogP contribution in [0.2, 0.25) is 10.0 Å². The van der Waals surface area contributed by atoms with Crippen molar-refractivity contribution in [2.45, 2.75) is 116 Å². The van der Waals surface area contributed by atoms with Gasteiger partial charge < -0.3 is 24.6 Å². The van der Waals surface area contributed by atoms with Crippen LogP contribution >= 0.6 is 39.1 Å². The fraction of sp³-hybridized carbons (Fsp3) is 0.611. The average molecular weight is 759 g/mol. The average Bonchev–Trinajstić information content (AvgIpc) is 2.95. The van der Waals surface area contributed by atoms with Crippen molar-refractivity contribution >= 4 is 51.3 Å². The van der Waals surface area contributed by atoms with Crippen LogP contribution in [-0.2, 0) is 21.3 Å². The molecule has 4 rings (SSSR count). The van der Waals surface area contributed by atoms with E-state index in [9.17, 15) is 9.59 Å². The Kier molecular flexibility index (Phi) is 16.3. The van der Waals surface area contributed by atoms with Crippen molar-refractivity contribution in [3.8, 4) is 0 Å². The van der Waals surface area contributed by atoms with Crippen LogP contribution in [0.1, 0.15) is 80.4 Å². The summed E-state index contributed by atoms with van der Waals surface area (Å²) in [7, 11) is 0. The van der Waals surface area contributed by atoms with E-state index in [0.29, 0.717) is 12.6 Å². The summed E-state index contributed by atoms with van der Waals surface area (Å²) in [5, 5.41) is 5.76. The van der Waals surface area contributed by atoms with E-state index in [-0.39, 0.29) is 30.3 Å². The lowest BCUT2D eigenvalue weighted by Gasteiger charge is -2.44. The molecule has 2 heterocycles. The van der Waals surface area contributed by atoms with Gasteiger partial charge in [-0.2, -0.15) is 0 Å². The lowest BCUT2D eigenvalue weighted by Crippen LogP contribution is -2.58. The molecule has 0 spiro atoms. The molecule has 0 radical (unpaired) electrons. The Bertz CT molecular complexity index is 1290. The van der Waals surface area contributed by atoms with E-state index in [1.807, 2.05) is 95.8 Å². The van der Waals surface area contributed by atoms with Gasteiger partial charge in [0, 0.05) is 72.3 Å². The molecule has 11 heteroatoms. The molecule has 264 valence electrons. The van der Waals surface area contributed by atoms with Crippen molar-refractivity contribution in [2.24, 2.45) is 0 Å². The number of carbonyl (C=O) groups excluding carboxylic acids is 2. The molecule has 0 unspecified atom stereocenters. The first-order valence-electron chi connectivity index (χ1n) is 16.3. The number of piperazine rings is 2. The summed E-state index contributed by atoms with van der Waals surface area (Å²) < 4.78 is 10.9. The molecule has 2 saturated heterocycles. The maximum Gasteiger partial charge on any atom is 0.410 e. The maximum absolute atomic E-state index is 12.3. The molecule has 2 amide bonds. The maximum atomic E-state index is 12.3. The van der Waals surface area contributed by atoms with E-state index in [4.69, 9.17) is 32.7 Å². The smallest absolute Gasteiger partial charge is 0.410 e. The fourth-order valence-corrected chi connectivity index (χ4v) is 5.85. The van der Waals surface area contributed by atoms with Crippen LogP contribution in [0.15, 0.2) is 48.5 Å². The second-order valence-electron chi connectivity index (χ2n) is 14.4. The van der Waals surface area contributed by atoms with E-state index in [1.165, 1.54) is 11.1 Å². The van der Waals surface area contributed by atoms with Crippen LogP contribution in [0.3, 0.4) is 0 Å². The molecule has 1 N–H and O–H groups in total. The molecule has 2 aromatic carbocycles. The number of hydrogen-bond acceptors (Lipinski definition) is 6. The predicted molar refractivity (Wildman–Crippen MR) is 198 cm³/mol. The van der Waals surface area contributed by atoms with E-state index >= 15 is 0 Å². The van der Waals surface area contributed by atoms with Crippen LogP contribution in [0.5, 0.6) is 0 Å². The largest absolute Gasteiger partial charge is 0.444 e. The molecule has 8 nitrogen and oxygen atoms in total. The molecular weight excluding hydrogens is 703 g/mol. The number of nitrogens with zero attached hydrogens (tertiary/aromatic N) is 3. The van der Waals surface area contributed by atoms with Crippen molar-refractivity contribution in [1.29, 1.82) is 0 Å². The number of ether oxygens (including phenoxy) is 2. The Hall–Kier alpha value is -2.04. The number of hydrogen-bond donors (Lipinski definition) is 1. The molecule has 2 aliphatic heterocycles. The van der Waals surface area contributed by atoms with Gasteiger partial charge >= 0.3 is 12.2 Å². The SMILES string of the molecule is C[C@@H]1CN(Cc2cccc(Cl)c2)[C@@H](C)CN1C(=O)OC(C)(C)C.C[C@@H]1CN[C@@H](C)CN1C(=O)OC(C)(C)C.Clc1cccc(CBr)c1. The minimum atomic E-state index is -0.460. The molecule has 2 fully saturated rings. The summed E-state index contributed by atoms with van der Waals surface area (Å²) in [6.45, 7) is 23.6. The standard InChI is InChI=1S/C18H27ClN2O2.C11H22N2O2.C7H6BrCl/c1-13-11-21(17(22)23-18(3,4)5)14(2)10-20(13)12-15-7-6-8-16(19)9-15;1-8-7-13(9(2)6-12-8)10(14)15-11(3,4)5;8-5-6-2-1-3-7(9)4-6/h6-9,13-14H,10-12H2,1-5H3;8-9,12H,6-7H2,1-5H3;1-4H,5H2/t13-,14+;8-,9+;/m00./s1. The zero-order valence-corrected chi connectivity index (χ0v) is 32.9. The van der Waals surface area contributed by atoms with Gasteiger partial charge in [0.05, 0.1) is 0 Å². The fourth-order valence-electron chi connectivity index (χ4n) is 5.08. The first-order valence-corrected chi connectivity index (χ1v) is 18.2. The Morgan fingerprint density at radius 2 is 1.26 bits per heavy atom. The molecule has 4 atom stereocenters. The number of amides is 2. The highest BCUT2D eigenvalue weighted by Crippen LogP contribution is 2.22. The van der Waals surface area contributed by atoms with Gasteiger partial charge in [-0.3, -0.25) is 4.90 Å². The third-order valence-corrected chi connectivity index (χ3v) is 8.57. The number of rotatable bonds is 3. The number of benzene rings is 2. The lowest BCUT2D eigenvalue weighted by molar-refractivity contribution is -0.0117. The van der Waals surface area contributed by atoms with Crippen molar-refractivity contribution in [2.75, 3.05) is 26.2 Å². The Labute approximate surface area is 301 Å². The summed E-state index contributed by atoms with van der Waals surface area (Å²) in [5.41, 5.74) is 1.54. The third kappa shape index (κ3) is 15.4. The minimum absolute atomic E-state index is 0.125. The molecule has 2 aliphatic rings. The van der Waals surface area contributed by atoms with Gasteiger partial charge in [0.25, 0.3) is 0 Å². The van der Waals surface area contributed by atoms with E-state index < -0.39 is 11.2 Å². The molecule has 2 aromatic rings. The van der Waals surface area contributed by atoms with Crippen LogP contribution in [-0.4, -0.2) is 88.4 Å². The molecule has 0 bridgehead atoms. The molecular formula is C36H55BrCl2N4O4. The summed E-state index contributed by atoms with van der Waals surface area (Å²) in [6, 6.07) is 16.7. The highest BCUT2D eigenvalue weighted by atomic mass is 79.9. The molecule has 0 aromatic heterocycles. The third-order valence-electron chi connectivity index (χ3n) is 7.45. The second-order valence-corrected chi connectivity index (χ2v) is 15.9. The van der Waals surface area contributed by atoms with Gasteiger partial charge in [-0.1, -0.05) is 63.4 Å². The van der Waals surface area contributed by atoms with Gasteiger partial charge in [0.2, 0.25) is 0 Å². The Balaban J connectivity index is 0.000000273. The summed E-state index contributed by atoms with van der Waals surface area (Å²) in [4.78, 5) is 30.2. The van der Waals surface area contributed by atoms with Crippen molar-refractivity contribution < 1.29 is 19.1 Å². The normalized spacial score (nSPS) is 21.9. The Morgan fingerprint density at radius 1 is 0.766 bits per heavy atom. The van der Waals surface area contributed by atoms with Crippen molar-refractivity contribution in [3.05, 3.63) is 69.7 Å². The van der Waals surface area contributed by atoms with Gasteiger partial charge in [-0.25, -0.2) is 9.59 Å². The van der Waals surface area contributed by atoms with Gasteiger partial charge in [0.1, 0.15) is 11.2 Å². The Morgan fingerprint density at radius 3 is 1.72 bits per heavy atom. The van der Waals surface area contributed by atoms with E-state index in [1.54, 1.807) is 4.90 Å². The molecule has 0 saturated carbocycles. The van der Waals surface area contributed by atoms with Gasteiger partial charge in [-0.05, 0) is 105 Å². The summed E-state index contributed by atoms with van der Waals surface area (Å²) in [5.74, 6) is 0. The summed E-state index contributed by atoms with van der Waals surface area (Å²) in [6.07, 6.45) is -0.428. The second kappa shape index (κ2) is 18.6.